The summed E-state index contributed by atoms with van der Waals surface area (Å²) in [7, 11) is 0. The maximum atomic E-state index is 12.7. The highest BCUT2D eigenvalue weighted by atomic mass is 35.5. The number of nitrogens with zero attached hydrogens (tertiary/aromatic N) is 1. The van der Waals surface area contributed by atoms with Crippen LogP contribution >= 0.6 is 12.4 Å². The lowest BCUT2D eigenvalue weighted by Crippen LogP contribution is -2.59. The van der Waals surface area contributed by atoms with Crippen molar-refractivity contribution in [3.05, 3.63) is 0 Å². The van der Waals surface area contributed by atoms with E-state index in [0.717, 1.165) is 26.1 Å². The minimum Gasteiger partial charge on any atom is -0.354 e. The molecule has 0 bridgehead atoms. The van der Waals surface area contributed by atoms with Gasteiger partial charge in [-0.1, -0.05) is 25.7 Å². The number of halogens is 1. The topological polar surface area (TPSA) is 44.4 Å². The lowest BCUT2D eigenvalue weighted by molar-refractivity contribution is -0.130. The molecule has 0 aromatic carbocycles. The Bertz CT molecular complexity index is 384. The zero-order chi connectivity index (χ0) is 15.5. The number of hydrogen-bond donors (Lipinski definition) is 2. The number of piperidine rings is 1. The largest absolute Gasteiger partial charge is 0.354 e. The Morgan fingerprint density at radius 3 is 2.30 bits per heavy atom. The van der Waals surface area contributed by atoms with Crippen LogP contribution in [-0.2, 0) is 4.79 Å². The molecule has 3 rings (SSSR count). The number of hydrogen-bond acceptors (Lipinski definition) is 3. The number of carbonyl (C=O) groups is 1. The number of nitrogens with one attached hydrogen (secondary N) is 2. The Kier molecular flexibility index (Phi) is 6.76. The summed E-state index contributed by atoms with van der Waals surface area (Å²) in [5.41, 5.74) is 0.0501. The van der Waals surface area contributed by atoms with E-state index in [9.17, 15) is 4.79 Å². The summed E-state index contributed by atoms with van der Waals surface area (Å²) in [4.78, 5) is 15.4. The first-order chi connectivity index (χ1) is 10.6. The summed E-state index contributed by atoms with van der Waals surface area (Å²) < 4.78 is 0. The Balaban J connectivity index is 0.00000192. The summed E-state index contributed by atoms with van der Waals surface area (Å²) >= 11 is 0. The van der Waals surface area contributed by atoms with Gasteiger partial charge in [0.1, 0.15) is 0 Å². The van der Waals surface area contributed by atoms with Crippen LogP contribution in [-0.4, -0.2) is 49.1 Å². The number of likely N-dealkylation sites (tertiary alicyclic amines) is 1. The molecule has 1 atom stereocenters. The molecule has 2 aliphatic heterocycles. The molecule has 1 aliphatic carbocycles. The third kappa shape index (κ3) is 4.21. The maximum Gasteiger partial charge on any atom is 0.227 e. The van der Waals surface area contributed by atoms with E-state index < -0.39 is 0 Å². The number of amides is 1. The molecule has 23 heavy (non-hydrogen) atoms. The van der Waals surface area contributed by atoms with Crippen molar-refractivity contribution in [3.8, 4) is 0 Å². The van der Waals surface area contributed by atoms with E-state index in [1.807, 2.05) is 0 Å². The molecule has 0 aromatic heterocycles. The van der Waals surface area contributed by atoms with E-state index in [2.05, 4.69) is 22.5 Å². The van der Waals surface area contributed by atoms with E-state index >= 15 is 0 Å². The fourth-order valence-corrected chi connectivity index (χ4v) is 4.65. The Morgan fingerprint density at radius 2 is 1.70 bits per heavy atom. The average Bonchev–Trinajstić information content (AvgIpc) is 3.02. The van der Waals surface area contributed by atoms with Crippen LogP contribution in [0.4, 0.5) is 0 Å². The normalized spacial score (nSPS) is 31.3. The quantitative estimate of drug-likeness (QED) is 0.825. The summed E-state index contributed by atoms with van der Waals surface area (Å²) in [6, 6.07) is 0. The number of carbonyl (C=O) groups excluding carboxylic acids is 1. The van der Waals surface area contributed by atoms with Gasteiger partial charge in [0.25, 0.3) is 0 Å². The van der Waals surface area contributed by atoms with E-state index in [-0.39, 0.29) is 29.3 Å². The molecule has 3 fully saturated rings. The predicted molar refractivity (Wildman–Crippen MR) is 97.1 cm³/mol. The van der Waals surface area contributed by atoms with Crippen LogP contribution in [0, 0.1) is 5.41 Å². The second-order valence-corrected chi connectivity index (χ2v) is 8.00. The first-order valence-corrected chi connectivity index (χ1v) is 9.39. The molecule has 0 spiro atoms. The van der Waals surface area contributed by atoms with Gasteiger partial charge in [-0.3, -0.25) is 9.69 Å². The highest BCUT2D eigenvalue weighted by Gasteiger charge is 2.41. The van der Waals surface area contributed by atoms with Crippen LogP contribution in [0.15, 0.2) is 0 Å². The first kappa shape index (κ1) is 19.0. The van der Waals surface area contributed by atoms with E-state index in [1.165, 1.54) is 64.5 Å². The molecule has 0 radical (unpaired) electrons. The minimum absolute atomic E-state index is 0. The van der Waals surface area contributed by atoms with Crippen molar-refractivity contribution < 1.29 is 4.79 Å². The molecular formula is C18H34ClN3O. The fraction of sp³-hybridized carbons (Fsp3) is 0.944. The van der Waals surface area contributed by atoms with Gasteiger partial charge in [0.15, 0.2) is 0 Å². The van der Waals surface area contributed by atoms with Crippen molar-refractivity contribution in [2.24, 2.45) is 5.41 Å². The van der Waals surface area contributed by atoms with E-state index in [0.29, 0.717) is 0 Å². The van der Waals surface area contributed by atoms with Gasteiger partial charge < -0.3 is 10.6 Å². The van der Waals surface area contributed by atoms with Crippen molar-refractivity contribution in [1.29, 1.82) is 0 Å². The monoisotopic (exact) mass is 343 g/mol. The van der Waals surface area contributed by atoms with Crippen molar-refractivity contribution in [2.45, 2.75) is 70.3 Å². The molecule has 1 unspecified atom stereocenters. The Morgan fingerprint density at radius 1 is 1.04 bits per heavy atom. The molecule has 1 saturated carbocycles. The first-order valence-electron chi connectivity index (χ1n) is 9.39. The molecule has 2 heterocycles. The lowest BCUT2D eigenvalue weighted by atomic mass is 9.78. The molecule has 134 valence electrons. The van der Waals surface area contributed by atoms with Crippen molar-refractivity contribution in [2.75, 3.05) is 32.7 Å². The smallest absolute Gasteiger partial charge is 0.227 e. The molecule has 0 aromatic rings. The van der Waals surface area contributed by atoms with Gasteiger partial charge >= 0.3 is 0 Å². The van der Waals surface area contributed by atoms with Gasteiger partial charge in [-0.05, 0) is 58.7 Å². The highest BCUT2D eigenvalue weighted by molar-refractivity contribution is 5.85. The summed E-state index contributed by atoms with van der Waals surface area (Å²) in [5.74, 6) is 0.263. The van der Waals surface area contributed by atoms with E-state index in [4.69, 9.17) is 0 Å². The van der Waals surface area contributed by atoms with Crippen LogP contribution < -0.4 is 10.6 Å². The van der Waals surface area contributed by atoms with Gasteiger partial charge in [0.2, 0.25) is 5.91 Å². The van der Waals surface area contributed by atoms with Gasteiger partial charge in [0, 0.05) is 18.6 Å². The van der Waals surface area contributed by atoms with Crippen molar-refractivity contribution >= 4 is 18.3 Å². The molecule has 3 aliphatic rings. The van der Waals surface area contributed by atoms with Crippen LogP contribution in [0.5, 0.6) is 0 Å². The summed E-state index contributed by atoms with van der Waals surface area (Å²) in [5, 5.41) is 6.69. The van der Waals surface area contributed by atoms with Gasteiger partial charge in [-0.15, -0.1) is 12.4 Å². The molecule has 2 N–H and O–H groups in total. The average molecular weight is 344 g/mol. The standard InChI is InChI=1S/C18H33N3O.ClH/c1-17(10-11-19-14-17)16(22)20-15-18(8-4-2-5-9-18)21-12-6-3-7-13-21;/h19H,2-15H2,1H3,(H,20,22);1H. The zero-order valence-electron chi connectivity index (χ0n) is 14.7. The molecular weight excluding hydrogens is 310 g/mol. The molecule has 1 amide bonds. The van der Waals surface area contributed by atoms with Crippen LogP contribution in [0.2, 0.25) is 0 Å². The Labute approximate surface area is 147 Å². The fourth-order valence-electron chi connectivity index (χ4n) is 4.65. The molecule has 5 heteroatoms. The van der Waals surface area contributed by atoms with Crippen molar-refractivity contribution in [3.63, 3.8) is 0 Å². The van der Waals surface area contributed by atoms with Crippen LogP contribution in [0.1, 0.15) is 64.7 Å². The summed E-state index contributed by atoms with van der Waals surface area (Å²) in [6.45, 7) is 7.23. The van der Waals surface area contributed by atoms with Gasteiger partial charge in [-0.2, -0.15) is 0 Å². The third-order valence-electron chi connectivity index (χ3n) is 6.31. The SMILES string of the molecule is CC1(C(=O)NCC2(N3CCCCC3)CCCCC2)CCNC1.Cl. The van der Waals surface area contributed by atoms with Gasteiger partial charge in [0.05, 0.1) is 5.41 Å². The zero-order valence-corrected chi connectivity index (χ0v) is 15.5. The second kappa shape index (κ2) is 8.17. The van der Waals surface area contributed by atoms with Crippen LogP contribution in [0.3, 0.4) is 0 Å². The third-order valence-corrected chi connectivity index (χ3v) is 6.31. The maximum absolute atomic E-state index is 12.7. The highest BCUT2D eigenvalue weighted by Crippen LogP contribution is 2.35. The lowest BCUT2D eigenvalue weighted by Gasteiger charge is -2.48. The van der Waals surface area contributed by atoms with E-state index in [1.54, 1.807) is 0 Å². The molecule has 4 nitrogen and oxygen atoms in total. The summed E-state index contributed by atoms with van der Waals surface area (Å²) in [6.07, 6.45) is 11.6. The van der Waals surface area contributed by atoms with Crippen molar-refractivity contribution in [1.82, 2.24) is 15.5 Å². The minimum atomic E-state index is -0.197. The molecule has 2 saturated heterocycles. The number of rotatable bonds is 4. The second-order valence-electron chi connectivity index (χ2n) is 8.00. The Hall–Kier alpha value is -0.320. The van der Waals surface area contributed by atoms with Gasteiger partial charge in [-0.25, -0.2) is 0 Å². The predicted octanol–water partition coefficient (Wildman–Crippen LogP) is 2.71. The van der Waals surface area contributed by atoms with Crippen LogP contribution in [0.25, 0.3) is 0 Å².